The Hall–Kier alpha value is -2.94. The molecule has 1 amide bonds. The van der Waals surface area contributed by atoms with Crippen LogP contribution in [0.5, 0.6) is 0 Å². The van der Waals surface area contributed by atoms with Gasteiger partial charge in [0.1, 0.15) is 0 Å². The molecule has 0 unspecified atom stereocenters. The molecule has 0 aliphatic carbocycles. The summed E-state index contributed by atoms with van der Waals surface area (Å²) in [6.07, 6.45) is 2.37. The lowest BCUT2D eigenvalue weighted by Gasteiger charge is -2.27. The molecule has 0 radical (unpaired) electrons. The molecule has 2 fully saturated rings. The number of hydrogen-bond acceptors (Lipinski definition) is 5. The van der Waals surface area contributed by atoms with Crippen molar-refractivity contribution in [2.45, 2.75) is 24.2 Å². The number of hydrogen-bond donors (Lipinski definition) is 1. The fourth-order valence-electron chi connectivity index (χ4n) is 4.76. The normalized spacial score (nSPS) is 17.2. The van der Waals surface area contributed by atoms with Crippen molar-refractivity contribution in [3.8, 4) is 0 Å². The van der Waals surface area contributed by atoms with E-state index in [4.69, 9.17) is 4.74 Å². The minimum absolute atomic E-state index is 0.169. The van der Waals surface area contributed by atoms with Crippen LogP contribution < -0.4 is 10.2 Å². The van der Waals surface area contributed by atoms with E-state index in [9.17, 15) is 13.2 Å². The van der Waals surface area contributed by atoms with Gasteiger partial charge in [-0.15, -0.1) is 0 Å². The molecule has 3 aromatic rings. The molecular weight excluding hydrogens is 450 g/mol. The van der Waals surface area contributed by atoms with Crippen molar-refractivity contribution in [3.63, 3.8) is 0 Å². The lowest BCUT2D eigenvalue weighted by Crippen LogP contribution is -2.40. The van der Waals surface area contributed by atoms with Crippen LogP contribution in [0.4, 0.5) is 11.4 Å². The van der Waals surface area contributed by atoms with Gasteiger partial charge in [-0.1, -0.05) is 42.5 Å². The molecule has 0 spiro atoms. The van der Waals surface area contributed by atoms with E-state index in [0.717, 1.165) is 48.0 Å². The lowest BCUT2D eigenvalue weighted by molar-refractivity contribution is -0.115. The van der Waals surface area contributed by atoms with E-state index in [2.05, 4.69) is 10.2 Å². The minimum Gasteiger partial charge on any atom is -0.379 e. The molecule has 2 saturated heterocycles. The van der Waals surface area contributed by atoms with E-state index in [0.29, 0.717) is 32.0 Å². The lowest BCUT2D eigenvalue weighted by atomic mass is 10.0. The van der Waals surface area contributed by atoms with Crippen molar-refractivity contribution in [1.29, 1.82) is 0 Å². The third-order valence-electron chi connectivity index (χ3n) is 6.53. The maximum absolute atomic E-state index is 13.2. The molecule has 1 N–H and O–H groups in total. The standard InChI is InChI=1S/C26H29N3O4S/c30-26(18-21-8-5-7-20-6-1-2-9-23(20)21)27-24-19-22(10-11-25(24)28-12-3-4-13-28)34(31,32)29-14-16-33-17-15-29/h1-2,5-11,19H,3-4,12-18H2,(H,27,30). The molecule has 0 bridgehead atoms. The van der Waals surface area contributed by atoms with Crippen LogP contribution >= 0.6 is 0 Å². The third kappa shape index (κ3) is 4.66. The van der Waals surface area contributed by atoms with Crippen molar-refractivity contribution >= 4 is 38.1 Å². The van der Waals surface area contributed by atoms with Gasteiger partial charge < -0.3 is 15.0 Å². The number of nitrogens with zero attached hydrogens (tertiary/aromatic N) is 2. The zero-order valence-corrected chi connectivity index (χ0v) is 19.9. The zero-order valence-electron chi connectivity index (χ0n) is 19.1. The van der Waals surface area contributed by atoms with E-state index >= 15 is 0 Å². The van der Waals surface area contributed by atoms with Gasteiger partial charge in [-0.05, 0) is 47.4 Å². The zero-order chi connectivity index (χ0) is 23.5. The summed E-state index contributed by atoms with van der Waals surface area (Å²) in [5.74, 6) is -0.169. The van der Waals surface area contributed by atoms with Crippen LogP contribution in [0, 0.1) is 0 Å². The SMILES string of the molecule is O=C(Cc1cccc2ccccc12)Nc1cc(S(=O)(=O)N2CCOCC2)ccc1N1CCCC1. The number of rotatable bonds is 6. The molecule has 2 heterocycles. The van der Waals surface area contributed by atoms with Gasteiger partial charge in [-0.25, -0.2) is 8.42 Å². The fraction of sp³-hybridized carbons (Fsp3) is 0.346. The molecule has 7 nitrogen and oxygen atoms in total. The van der Waals surface area contributed by atoms with E-state index in [1.165, 1.54) is 4.31 Å². The average Bonchev–Trinajstić information content (AvgIpc) is 3.39. The highest BCUT2D eigenvalue weighted by Gasteiger charge is 2.28. The van der Waals surface area contributed by atoms with Crippen LogP contribution in [0.15, 0.2) is 65.6 Å². The van der Waals surface area contributed by atoms with E-state index in [-0.39, 0.29) is 17.2 Å². The second-order valence-corrected chi connectivity index (χ2v) is 10.7. The maximum Gasteiger partial charge on any atom is 0.243 e. The second kappa shape index (κ2) is 9.74. The number of morpholine rings is 1. The molecule has 0 saturated carbocycles. The first-order valence-corrected chi connectivity index (χ1v) is 13.2. The number of carbonyl (C=O) groups excluding carboxylic acids is 1. The van der Waals surface area contributed by atoms with Gasteiger partial charge in [0.2, 0.25) is 15.9 Å². The molecule has 0 aromatic heterocycles. The Balaban J connectivity index is 1.44. The van der Waals surface area contributed by atoms with Gasteiger partial charge in [0, 0.05) is 26.2 Å². The number of benzene rings is 3. The van der Waals surface area contributed by atoms with E-state index in [1.54, 1.807) is 12.1 Å². The van der Waals surface area contributed by atoms with Crippen molar-refractivity contribution < 1.29 is 17.9 Å². The topological polar surface area (TPSA) is 79.0 Å². The van der Waals surface area contributed by atoms with Crippen LogP contribution in [0.2, 0.25) is 0 Å². The fourth-order valence-corrected chi connectivity index (χ4v) is 6.19. The van der Waals surface area contributed by atoms with Gasteiger partial charge in [-0.3, -0.25) is 4.79 Å². The number of anilines is 2. The number of ether oxygens (including phenoxy) is 1. The molecule has 2 aliphatic heterocycles. The first-order valence-electron chi connectivity index (χ1n) is 11.8. The molecule has 178 valence electrons. The quantitative estimate of drug-likeness (QED) is 0.584. The Bertz CT molecular complexity index is 1290. The Kier molecular flexibility index (Phi) is 6.54. The molecule has 34 heavy (non-hydrogen) atoms. The summed E-state index contributed by atoms with van der Waals surface area (Å²) in [5, 5.41) is 5.16. The van der Waals surface area contributed by atoms with Gasteiger partial charge in [-0.2, -0.15) is 4.31 Å². The van der Waals surface area contributed by atoms with Crippen LogP contribution in [0.1, 0.15) is 18.4 Å². The van der Waals surface area contributed by atoms with Crippen molar-refractivity contribution in [3.05, 3.63) is 66.2 Å². The smallest absolute Gasteiger partial charge is 0.243 e. The summed E-state index contributed by atoms with van der Waals surface area (Å²) in [6.45, 7) is 3.22. The number of nitrogens with one attached hydrogen (secondary N) is 1. The highest BCUT2D eigenvalue weighted by atomic mass is 32.2. The Morgan fingerprint density at radius 2 is 1.65 bits per heavy atom. The first-order chi connectivity index (χ1) is 16.5. The summed E-state index contributed by atoms with van der Waals surface area (Å²) in [5.41, 5.74) is 2.35. The average molecular weight is 480 g/mol. The van der Waals surface area contributed by atoms with E-state index < -0.39 is 10.0 Å². The number of carbonyl (C=O) groups is 1. The monoisotopic (exact) mass is 479 g/mol. The van der Waals surface area contributed by atoms with Crippen molar-refractivity contribution in [2.24, 2.45) is 0 Å². The van der Waals surface area contributed by atoms with Gasteiger partial charge in [0.05, 0.1) is 35.9 Å². The predicted octanol–water partition coefficient (Wildman–Crippen LogP) is 3.64. The van der Waals surface area contributed by atoms with Crippen molar-refractivity contribution in [1.82, 2.24) is 4.31 Å². The summed E-state index contributed by atoms with van der Waals surface area (Å²) in [4.78, 5) is 15.5. The van der Waals surface area contributed by atoms with E-state index in [1.807, 2.05) is 48.5 Å². The molecule has 0 atom stereocenters. The Labute approximate surface area is 200 Å². The van der Waals surface area contributed by atoms with Crippen LogP contribution in [-0.2, 0) is 26.0 Å². The highest BCUT2D eigenvalue weighted by molar-refractivity contribution is 7.89. The van der Waals surface area contributed by atoms with Crippen LogP contribution in [0.3, 0.4) is 0 Å². The summed E-state index contributed by atoms with van der Waals surface area (Å²) in [7, 11) is -3.66. The largest absolute Gasteiger partial charge is 0.379 e. The van der Waals surface area contributed by atoms with Crippen LogP contribution in [0.25, 0.3) is 10.8 Å². The molecule has 3 aromatic carbocycles. The number of sulfonamides is 1. The summed E-state index contributed by atoms with van der Waals surface area (Å²) >= 11 is 0. The Morgan fingerprint density at radius 3 is 2.44 bits per heavy atom. The maximum atomic E-state index is 13.2. The molecule has 5 rings (SSSR count). The molecule has 8 heteroatoms. The second-order valence-electron chi connectivity index (χ2n) is 8.75. The van der Waals surface area contributed by atoms with Gasteiger partial charge in [0.25, 0.3) is 0 Å². The highest BCUT2D eigenvalue weighted by Crippen LogP contribution is 2.33. The first kappa shape index (κ1) is 22.8. The van der Waals surface area contributed by atoms with Gasteiger partial charge >= 0.3 is 0 Å². The summed E-state index contributed by atoms with van der Waals surface area (Å²) < 4.78 is 33.2. The van der Waals surface area contributed by atoms with Gasteiger partial charge in [0.15, 0.2) is 0 Å². The number of fused-ring (bicyclic) bond motifs is 1. The molecular formula is C26H29N3O4S. The Morgan fingerprint density at radius 1 is 0.912 bits per heavy atom. The molecule has 2 aliphatic rings. The van der Waals surface area contributed by atoms with Crippen molar-refractivity contribution in [2.75, 3.05) is 49.6 Å². The third-order valence-corrected chi connectivity index (χ3v) is 8.42. The van der Waals surface area contributed by atoms with Crippen LogP contribution in [-0.4, -0.2) is 58.0 Å². The summed E-state index contributed by atoms with van der Waals surface area (Å²) in [6, 6.07) is 19.0. The number of amides is 1. The minimum atomic E-state index is -3.66. The predicted molar refractivity (Wildman–Crippen MR) is 134 cm³/mol.